The summed E-state index contributed by atoms with van der Waals surface area (Å²) in [6.07, 6.45) is 7.42. The molecule has 0 aliphatic heterocycles. The number of rotatable bonds is 9. The molecule has 9 heteroatoms. The van der Waals surface area contributed by atoms with Crippen LogP contribution in [0, 0.1) is 0 Å². The Morgan fingerprint density at radius 2 is 2.06 bits per heavy atom. The molecule has 0 radical (unpaired) electrons. The molecule has 0 atom stereocenters. The first-order valence-corrected chi connectivity index (χ1v) is 10.7. The van der Waals surface area contributed by atoms with Crippen molar-refractivity contribution in [3.05, 3.63) is 47.8 Å². The van der Waals surface area contributed by atoms with Gasteiger partial charge in [-0.25, -0.2) is 15.0 Å². The van der Waals surface area contributed by atoms with Crippen LogP contribution in [0.2, 0.25) is 0 Å². The van der Waals surface area contributed by atoms with Crippen LogP contribution in [0.25, 0.3) is 11.3 Å². The van der Waals surface area contributed by atoms with E-state index in [0.717, 1.165) is 61.4 Å². The lowest BCUT2D eigenvalue weighted by Gasteiger charge is -2.17. The highest BCUT2D eigenvalue weighted by molar-refractivity contribution is 6.07. The van der Waals surface area contributed by atoms with E-state index in [0.29, 0.717) is 23.9 Å². The zero-order valence-electron chi connectivity index (χ0n) is 17.9. The number of nitrogens with zero attached hydrogens (tertiary/aromatic N) is 5. The van der Waals surface area contributed by atoms with Crippen LogP contribution in [0.3, 0.4) is 0 Å². The summed E-state index contributed by atoms with van der Waals surface area (Å²) in [5.74, 6) is 0.235. The summed E-state index contributed by atoms with van der Waals surface area (Å²) in [5, 5.41) is 10.1. The number of pyridine rings is 1. The minimum absolute atomic E-state index is 0.307. The third kappa shape index (κ3) is 4.72. The number of carbonyl (C=O) groups excluding carboxylic acids is 1. The molecule has 4 rings (SSSR count). The molecule has 0 aromatic carbocycles. The first kappa shape index (κ1) is 20.9. The van der Waals surface area contributed by atoms with Crippen LogP contribution in [0.4, 0.5) is 5.69 Å². The van der Waals surface area contributed by atoms with Crippen molar-refractivity contribution in [2.75, 3.05) is 31.6 Å². The number of hydrogen-bond acceptors (Lipinski definition) is 7. The highest BCUT2D eigenvalue weighted by atomic mass is 16.5. The number of ether oxygens (including phenoxy) is 1. The van der Waals surface area contributed by atoms with E-state index in [1.54, 1.807) is 24.5 Å². The Bertz CT molecular complexity index is 1030. The molecule has 0 fully saturated rings. The number of carbonyl (C=O) groups is 1. The minimum atomic E-state index is -0.307. The summed E-state index contributed by atoms with van der Waals surface area (Å²) in [6, 6.07) is 3.54. The maximum atomic E-state index is 12.9. The van der Waals surface area contributed by atoms with E-state index in [2.05, 4.69) is 49.2 Å². The van der Waals surface area contributed by atoms with Crippen molar-refractivity contribution in [1.82, 2.24) is 30.0 Å². The van der Waals surface area contributed by atoms with Crippen molar-refractivity contribution >= 4 is 11.6 Å². The van der Waals surface area contributed by atoms with Gasteiger partial charge in [0.15, 0.2) is 5.69 Å². The number of anilines is 1. The van der Waals surface area contributed by atoms with Gasteiger partial charge in [0.25, 0.3) is 5.91 Å². The number of hydrogen-bond donors (Lipinski definition) is 2. The fourth-order valence-electron chi connectivity index (χ4n) is 3.74. The number of amides is 1. The number of fused-ring (bicyclic) bond motifs is 3. The molecule has 1 aliphatic carbocycles. The zero-order chi connectivity index (χ0) is 21.6. The molecule has 0 saturated carbocycles. The van der Waals surface area contributed by atoms with Crippen molar-refractivity contribution in [1.29, 1.82) is 0 Å². The molecule has 3 heterocycles. The van der Waals surface area contributed by atoms with Crippen LogP contribution < -0.4 is 10.1 Å². The molecule has 0 unspecified atom stereocenters. The second-order valence-corrected chi connectivity index (χ2v) is 7.39. The Labute approximate surface area is 181 Å². The maximum absolute atomic E-state index is 12.9. The molecule has 9 nitrogen and oxygen atoms in total. The predicted octanol–water partition coefficient (Wildman–Crippen LogP) is 2.72. The maximum Gasteiger partial charge on any atom is 0.276 e. The number of aryl methyl sites for hydroxylation is 2. The van der Waals surface area contributed by atoms with Crippen molar-refractivity contribution in [3.8, 4) is 17.1 Å². The van der Waals surface area contributed by atoms with Gasteiger partial charge in [-0.15, -0.1) is 0 Å². The fourth-order valence-corrected chi connectivity index (χ4v) is 3.74. The lowest BCUT2D eigenvalue weighted by atomic mass is 9.93. The summed E-state index contributed by atoms with van der Waals surface area (Å²) in [5.41, 5.74) is 4.36. The van der Waals surface area contributed by atoms with Crippen LogP contribution in [0.15, 0.2) is 30.9 Å². The first-order valence-electron chi connectivity index (χ1n) is 10.7. The predicted molar refractivity (Wildman–Crippen MR) is 117 cm³/mol. The average Bonchev–Trinajstić information content (AvgIpc) is 3.25. The normalized spacial score (nSPS) is 12.4. The summed E-state index contributed by atoms with van der Waals surface area (Å²) < 4.78 is 5.71. The topological polar surface area (TPSA) is 109 Å². The van der Waals surface area contributed by atoms with E-state index in [1.165, 1.54) is 6.33 Å². The second kappa shape index (κ2) is 9.65. The Morgan fingerprint density at radius 1 is 1.19 bits per heavy atom. The van der Waals surface area contributed by atoms with Gasteiger partial charge in [-0.05, 0) is 44.0 Å². The van der Waals surface area contributed by atoms with E-state index in [-0.39, 0.29) is 5.91 Å². The molecule has 2 N–H and O–H groups in total. The molecular weight excluding hydrogens is 394 g/mol. The van der Waals surface area contributed by atoms with Gasteiger partial charge in [0.1, 0.15) is 6.33 Å². The van der Waals surface area contributed by atoms with E-state index < -0.39 is 0 Å². The van der Waals surface area contributed by atoms with Gasteiger partial charge in [-0.3, -0.25) is 9.89 Å². The lowest BCUT2D eigenvalue weighted by Crippen LogP contribution is -2.25. The van der Waals surface area contributed by atoms with E-state index in [4.69, 9.17) is 4.74 Å². The summed E-state index contributed by atoms with van der Waals surface area (Å²) in [4.78, 5) is 28.0. The van der Waals surface area contributed by atoms with Crippen LogP contribution in [-0.4, -0.2) is 62.2 Å². The smallest absolute Gasteiger partial charge is 0.276 e. The fraction of sp³-hybridized carbons (Fsp3) is 0.409. The molecule has 3 aromatic rings. The number of nitrogens with one attached hydrogen (secondary N) is 2. The van der Waals surface area contributed by atoms with Gasteiger partial charge in [-0.1, -0.05) is 13.8 Å². The van der Waals surface area contributed by atoms with E-state index in [1.807, 2.05) is 0 Å². The standard InChI is InChI=1S/C22H27N7O2/c1-3-29(4-2)10-5-11-31-18-9-7-16(13-24-18)26-22(30)21-19-17(27-28-21)8-6-15-12-23-14-25-20(15)19/h7,9,12-14H,3-6,8,10-11H2,1-2H3,(H,26,30)(H,27,28). The molecule has 1 amide bonds. The van der Waals surface area contributed by atoms with Gasteiger partial charge in [-0.2, -0.15) is 5.10 Å². The van der Waals surface area contributed by atoms with Gasteiger partial charge in [0.2, 0.25) is 5.88 Å². The number of H-pyrrole nitrogens is 1. The molecule has 31 heavy (non-hydrogen) atoms. The number of aromatic nitrogens is 5. The highest BCUT2D eigenvalue weighted by Gasteiger charge is 2.27. The van der Waals surface area contributed by atoms with Gasteiger partial charge in [0, 0.05) is 24.5 Å². The van der Waals surface area contributed by atoms with Gasteiger partial charge in [0.05, 0.1) is 29.7 Å². The SMILES string of the molecule is CCN(CC)CCCOc1ccc(NC(=O)c2n[nH]c3c2-c2ncncc2CC3)cn1. The van der Waals surface area contributed by atoms with E-state index >= 15 is 0 Å². The average molecular weight is 422 g/mol. The third-order valence-electron chi connectivity index (χ3n) is 5.48. The molecule has 0 saturated heterocycles. The Balaban J connectivity index is 1.37. The molecule has 1 aliphatic rings. The van der Waals surface area contributed by atoms with E-state index in [9.17, 15) is 4.79 Å². The van der Waals surface area contributed by atoms with Crippen molar-refractivity contribution in [2.45, 2.75) is 33.1 Å². The molecule has 3 aromatic heterocycles. The molecule has 162 valence electrons. The molecular formula is C22H27N7O2. The van der Waals surface area contributed by atoms with Crippen LogP contribution in [-0.2, 0) is 12.8 Å². The summed E-state index contributed by atoms with van der Waals surface area (Å²) >= 11 is 0. The zero-order valence-corrected chi connectivity index (χ0v) is 17.9. The largest absolute Gasteiger partial charge is 0.478 e. The molecule has 0 spiro atoms. The van der Waals surface area contributed by atoms with Gasteiger partial charge < -0.3 is 15.0 Å². The lowest BCUT2D eigenvalue weighted by molar-refractivity contribution is 0.102. The van der Waals surface area contributed by atoms with Gasteiger partial charge >= 0.3 is 0 Å². The summed E-state index contributed by atoms with van der Waals surface area (Å²) in [6.45, 7) is 8.01. The Hall–Kier alpha value is -3.33. The molecule has 0 bridgehead atoms. The Morgan fingerprint density at radius 3 is 2.84 bits per heavy atom. The van der Waals surface area contributed by atoms with Crippen LogP contribution in [0.1, 0.15) is 42.0 Å². The van der Waals surface area contributed by atoms with Crippen molar-refractivity contribution in [3.63, 3.8) is 0 Å². The van der Waals surface area contributed by atoms with Crippen molar-refractivity contribution in [2.24, 2.45) is 0 Å². The Kier molecular flexibility index (Phi) is 6.51. The van der Waals surface area contributed by atoms with Crippen molar-refractivity contribution < 1.29 is 9.53 Å². The first-order chi connectivity index (χ1) is 15.2. The van der Waals surface area contributed by atoms with Crippen LogP contribution >= 0.6 is 0 Å². The second-order valence-electron chi connectivity index (χ2n) is 7.39. The van der Waals surface area contributed by atoms with Crippen LogP contribution in [0.5, 0.6) is 5.88 Å². The quantitative estimate of drug-likeness (QED) is 0.511. The highest BCUT2D eigenvalue weighted by Crippen LogP contribution is 2.32. The summed E-state index contributed by atoms with van der Waals surface area (Å²) in [7, 11) is 0. The number of aromatic amines is 1. The third-order valence-corrected chi connectivity index (χ3v) is 5.48. The monoisotopic (exact) mass is 421 g/mol. The minimum Gasteiger partial charge on any atom is -0.478 e.